The number of hydrogen-bond donors (Lipinski definition) is 2. The van der Waals surface area contributed by atoms with Crippen LogP contribution in [0.2, 0.25) is 0 Å². The molecule has 0 saturated heterocycles. The van der Waals surface area contributed by atoms with Gasteiger partial charge in [0.1, 0.15) is 11.3 Å². The van der Waals surface area contributed by atoms with E-state index in [-0.39, 0.29) is 12.1 Å². The van der Waals surface area contributed by atoms with Gasteiger partial charge in [-0.05, 0) is 43.2 Å². The summed E-state index contributed by atoms with van der Waals surface area (Å²) >= 11 is 0. The Kier molecular flexibility index (Phi) is 5.55. The molecule has 1 aliphatic heterocycles. The predicted molar refractivity (Wildman–Crippen MR) is 110 cm³/mol. The van der Waals surface area contributed by atoms with Gasteiger partial charge in [-0.25, -0.2) is 9.98 Å². The molecule has 1 aromatic carbocycles. The molecule has 1 atom stereocenters. The molecule has 3 aromatic rings. The van der Waals surface area contributed by atoms with E-state index >= 15 is 0 Å². The summed E-state index contributed by atoms with van der Waals surface area (Å²) in [5, 5.41) is 2.98. The molecule has 1 amide bonds. The van der Waals surface area contributed by atoms with Crippen molar-refractivity contribution in [3.05, 3.63) is 65.6 Å². The number of benzene rings is 1. The van der Waals surface area contributed by atoms with Crippen LogP contribution in [0.25, 0.3) is 5.65 Å². The first-order valence-electron chi connectivity index (χ1n) is 9.56. The van der Waals surface area contributed by atoms with Crippen molar-refractivity contribution in [2.75, 3.05) is 18.5 Å². The quantitative estimate of drug-likeness (QED) is 0.602. The predicted octanol–water partition coefficient (Wildman–Crippen LogP) is 3.25. The van der Waals surface area contributed by atoms with Crippen molar-refractivity contribution in [3.8, 4) is 0 Å². The lowest BCUT2D eigenvalue weighted by Crippen LogP contribution is -2.17. The first-order valence-corrected chi connectivity index (χ1v) is 9.56. The normalized spacial score (nSPS) is 15.9. The Labute approximate surface area is 168 Å². The number of anilines is 1. The number of amides is 1. The third-order valence-electron chi connectivity index (χ3n) is 4.70. The van der Waals surface area contributed by atoms with Gasteiger partial charge in [-0.2, -0.15) is 0 Å². The standard InChI is InChI=1S/C21H23N5O3/c1-3-28-11-9-19-24-20(25-29-19)15-8-7-14(2)16(12-15)23-21(27)17-13-22-18-6-4-5-10-26(17)18/h4-8,10,12-13,20,25H,3,9,11H2,1-2H3,(H,23,27). The molecule has 8 heteroatoms. The molecule has 150 valence electrons. The second kappa shape index (κ2) is 8.42. The number of ether oxygens (including phenoxy) is 1. The average Bonchev–Trinajstić information content (AvgIpc) is 3.37. The molecule has 0 aliphatic carbocycles. The molecule has 0 bridgehead atoms. The zero-order valence-electron chi connectivity index (χ0n) is 16.4. The fraction of sp³-hybridized carbons (Fsp3) is 0.286. The number of nitrogens with zero attached hydrogens (tertiary/aromatic N) is 3. The molecule has 0 spiro atoms. The van der Waals surface area contributed by atoms with Crippen LogP contribution in [-0.4, -0.2) is 34.4 Å². The van der Waals surface area contributed by atoms with Crippen LogP contribution >= 0.6 is 0 Å². The van der Waals surface area contributed by atoms with Crippen LogP contribution in [0.5, 0.6) is 0 Å². The third kappa shape index (κ3) is 4.13. The Morgan fingerprint density at radius 1 is 1.34 bits per heavy atom. The van der Waals surface area contributed by atoms with Gasteiger partial charge in [0, 0.05) is 24.9 Å². The SMILES string of the molecule is CCOCCC1=NC(c2ccc(C)c(NC(=O)c3cnc4ccccn34)c2)NO1. The second-order valence-electron chi connectivity index (χ2n) is 6.69. The summed E-state index contributed by atoms with van der Waals surface area (Å²) in [6.45, 7) is 5.13. The van der Waals surface area contributed by atoms with Crippen LogP contribution in [0.3, 0.4) is 0 Å². The average molecular weight is 393 g/mol. The van der Waals surface area contributed by atoms with Crippen molar-refractivity contribution >= 4 is 23.1 Å². The fourth-order valence-electron chi connectivity index (χ4n) is 3.11. The zero-order valence-corrected chi connectivity index (χ0v) is 16.4. The number of rotatable bonds is 7. The third-order valence-corrected chi connectivity index (χ3v) is 4.70. The Morgan fingerprint density at radius 2 is 2.24 bits per heavy atom. The van der Waals surface area contributed by atoms with Crippen molar-refractivity contribution < 1.29 is 14.4 Å². The minimum absolute atomic E-state index is 0.222. The first kappa shape index (κ1) is 19.1. The van der Waals surface area contributed by atoms with Crippen LogP contribution < -0.4 is 10.8 Å². The van der Waals surface area contributed by atoms with Gasteiger partial charge in [0.05, 0.1) is 12.8 Å². The molecule has 2 aromatic heterocycles. The van der Waals surface area contributed by atoms with E-state index in [4.69, 9.17) is 9.57 Å². The van der Waals surface area contributed by atoms with E-state index in [2.05, 4.69) is 20.8 Å². The van der Waals surface area contributed by atoms with Crippen LogP contribution in [-0.2, 0) is 9.57 Å². The molecule has 4 rings (SSSR count). The highest BCUT2D eigenvalue weighted by Gasteiger charge is 2.21. The minimum atomic E-state index is -0.321. The first-order chi connectivity index (χ1) is 14.2. The van der Waals surface area contributed by atoms with Gasteiger partial charge in [-0.15, -0.1) is 5.48 Å². The lowest BCUT2D eigenvalue weighted by atomic mass is 10.1. The molecule has 2 N–H and O–H groups in total. The fourth-order valence-corrected chi connectivity index (χ4v) is 3.11. The maximum Gasteiger partial charge on any atom is 0.274 e. The number of aliphatic imine (C=N–C) groups is 1. The lowest BCUT2D eigenvalue weighted by molar-refractivity contribution is 0.102. The molecule has 1 unspecified atom stereocenters. The van der Waals surface area contributed by atoms with E-state index in [1.54, 1.807) is 10.6 Å². The van der Waals surface area contributed by atoms with Crippen molar-refractivity contribution in [2.45, 2.75) is 26.4 Å². The number of aryl methyl sites for hydroxylation is 1. The van der Waals surface area contributed by atoms with Crippen molar-refractivity contribution in [3.63, 3.8) is 0 Å². The van der Waals surface area contributed by atoms with Gasteiger partial charge in [0.2, 0.25) is 5.90 Å². The van der Waals surface area contributed by atoms with Crippen molar-refractivity contribution in [2.24, 2.45) is 4.99 Å². The molecule has 0 fully saturated rings. The van der Waals surface area contributed by atoms with Gasteiger partial charge in [0.15, 0.2) is 6.17 Å². The summed E-state index contributed by atoms with van der Waals surface area (Å²) < 4.78 is 7.10. The van der Waals surface area contributed by atoms with E-state index < -0.39 is 0 Å². The number of aromatic nitrogens is 2. The van der Waals surface area contributed by atoms with E-state index in [0.717, 1.165) is 22.5 Å². The summed E-state index contributed by atoms with van der Waals surface area (Å²) in [6, 6.07) is 11.4. The highest BCUT2D eigenvalue weighted by molar-refractivity contribution is 6.04. The smallest absolute Gasteiger partial charge is 0.274 e. The number of fused-ring (bicyclic) bond motifs is 1. The van der Waals surface area contributed by atoms with Gasteiger partial charge >= 0.3 is 0 Å². The Morgan fingerprint density at radius 3 is 3.10 bits per heavy atom. The minimum Gasteiger partial charge on any atom is -0.391 e. The number of carbonyl (C=O) groups excluding carboxylic acids is 1. The van der Waals surface area contributed by atoms with Gasteiger partial charge in [0.25, 0.3) is 5.91 Å². The van der Waals surface area contributed by atoms with Crippen LogP contribution in [0, 0.1) is 6.92 Å². The highest BCUT2D eigenvalue weighted by atomic mass is 16.7. The van der Waals surface area contributed by atoms with E-state index in [1.165, 1.54) is 0 Å². The molecule has 8 nitrogen and oxygen atoms in total. The second-order valence-corrected chi connectivity index (χ2v) is 6.69. The van der Waals surface area contributed by atoms with Crippen molar-refractivity contribution in [1.82, 2.24) is 14.9 Å². The molecule has 0 radical (unpaired) electrons. The summed E-state index contributed by atoms with van der Waals surface area (Å²) in [6.07, 6.45) is 3.68. The van der Waals surface area contributed by atoms with Gasteiger partial charge in [-0.1, -0.05) is 18.2 Å². The summed E-state index contributed by atoms with van der Waals surface area (Å²) in [7, 11) is 0. The van der Waals surface area contributed by atoms with Crippen LogP contribution in [0.4, 0.5) is 5.69 Å². The van der Waals surface area contributed by atoms with E-state index in [1.807, 2.05) is 56.4 Å². The topological polar surface area (TPSA) is 89.2 Å². The summed E-state index contributed by atoms with van der Waals surface area (Å²) in [5.74, 6) is 0.390. The molecule has 3 heterocycles. The van der Waals surface area contributed by atoms with Crippen LogP contribution in [0.1, 0.15) is 41.1 Å². The monoisotopic (exact) mass is 393 g/mol. The summed E-state index contributed by atoms with van der Waals surface area (Å²) in [4.78, 5) is 27.1. The Balaban J connectivity index is 1.51. The van der Waals surface area contributed by atoms with E-state index in [0.29, 0.717) is 31.2 Å². The molecular formula is C21H23N5O3. The zero-order chi connectivity index (χ0) is 20.2. The van der Waals surface area contributed by atoms with Gasteiger partial charge < -0.3 is 14.9 Å². The maximum absolute atomic E-state index is 12.8. The lowest BCUT2D eigenvalue weighted by Gasteiger charge is -2.12. The molecule has 1 aliphatic rings. The Bertz CT molecular complexity index is 1060. The molecular weight excluding hydrogens is 370 g/mol. The van der Waals surface area contributed by atoms with Crippen LogP contribution in [0.15, 0.2) is 53.8 Å². The number of pyridine rings is 1. The van der Waals surface area contributed by atoms with Crippen molar-refractivity contribution in [1.29, 1.82) is 0 Å². The maximum atomic E-state index is 12.8. The number of hydroxylamine groups is 1. The molecule has 0 saturated carbocycles. The number of nitrogens with one attached hydrogen (secondary N) is 2. The Hall–Kier alpha value is -3.23. The summed E-state index contributed by atoms with van der Waals surface area (Å²) in [5.41, 5.74) is 6.69. The van der Waals surface area contributed by atoms with E-state index in [9.17, 15) is 4.79 Å². The molecule has 29 heavy (non-hydrogen) atoms. The number of carbonyl (C=O) groups is 1. The van der Waals surface area contributed by atoms with Gasteiger partial charge in [-0.3, -0.25) is 9.20 Å². The highest BCUT2D eigenvalue weighted by Crippen LogP contribution is 2.25. The largest absolute Gasteiger partial charge is 0.391 e. The number of imidazole rings is 1. The number of hydrogen-bond acceptors (Lipinski definition) is 6.